The SMILES string of the molecule is CCCCc1ccc2c(N)c(C(=O)NCc3cccs3)sc2n1. The van der Waals surface area contributed by atoms with Crippen molar-refractivity contribution in [2.24, 2.45) is 0 Å². The summed E-state index contributed by atoms with van der Waals surface area (Å²) in [6, 6.07) is 7.96. The van der Waals surface area contributed by atoms with Crippen LogP contribution in [0, 0.1) is 0 Å². The van der Waals surface area contributed by atoms with Gasteiger partial charge in [0.25, 0.3) is 5.91 Å². The van der Waals surface area contributed by atoms with Gasteiger partial charge in [0.2, 0.25) is 0 Å². The molecule has 3 aromatic rings. The van der Waals surface area contributed by atoms with Gasteiger partial charge in [-0.2, -0.15) is 0 Å². The highest BCUT2D eigenvalue weighted by molar-refractivity contribution is 7.21. The van der Waals surface area contributed by atoms with Gasteiger partial charge in [0.05, 0.1) is 12.2 Å². The number of hydrogen-bond acceptors (Lipinski definition) is 5. The van der Waals surface area contributed by atoms with E-state index < -0.39 is 0 Å². The van der Waals surface area contributed by atoms with Crippen LogP contribution in [-0.4, -0.2) is 10.9 Å². The van der Waals surface area contributed by atoms with Crippen molar-refractivity contribution in [3.05, 3.63) is 45.1 Å². The first-order valence-electron chi connectivity index (χ1n) is 7.67. The van der Waals surface area contributed by atoms with E-state index in [1.165, 1.54) is 11.3 Å². The van der Waals surface area contributed by atoms with Crippen LogP contribution in [0.25, 0.3) is 10.2 Å². The van der Waals surface area contributed by atoms with Crippen molar-refractivity contribution in [2.45, 2.75) is 32.7 Å². The summed E-state index contributed by atoms with van der Waals surface area (Å²) in [6.45, 7) is 2.69. The topological polar surface area (TPSA) is 68.0 Å². The van der Waals surface area contributed by atoms with Crippen molar-refractivity contribution in [2.75, 3.05) is 5.73 Å². The molecule has 0 aromatic carbocycles. The Labute approximate surface area is 143 Å². The van der Waals surface area contributed by atoms with Gasteiger partial charge in [-0.25, -0.2) is 4.98 Å². The van der Waals surface area contributed by atoms with E-state index in [1.54, 1.807) is 11.3 Å². The summed E-state index contributed by atoms with van der Waals surface area (Å²) in [5.41, 5.74) is 7.74. The van der Waals surface area contributed by atoms with Gasteiger partial charge in [0.1, 0.15) is 9.71 Å². The normalized spacial score (nSPS) is 11.0. The largest absolute Gasteiger partial charge is 0.397 e. The van der Waals surface area contributed by atoms with Gasteiger partial charge in [0, 0.05) is 16.0 Å². The molecule has 0 aliphatic heterocycles. The lowest BCUT2D eigenvalue weighted by Crippen LogP contribution is -2.22. The van der Waals surface area contributed by atoms with Gasteiger partial charge >= 0.3 is 0 Å². The third-order valence-electron chi connectivity index (χ3n) is 3.65. The smallest absolute Gasteiger partial charge is 0.263 e. The molecule has 0 unspecified atom stereocenters. The summed E-state index contributed by atoms with van der Waals surface area (Å²) < 4.78 is 0. The number of amides is 1. The molecule has 0 aliphatic rings. The van der Waals surface area contributed by atoms with Gasteiger partial charge in [-0.05, 0) is 36.4 Å². The molecule has 0 atom stereocenters. The van der Waals surface area contributed by atoms with E-state index in [2.05, 4.69) is 17.2 Å². The second kappa shape index (κ2) is 7.10. The first-order valence-corrected chi connectivity index (χ1v) is 9.37. The number of rotatable bonds is 6. The van der Waals surface area contributed by atoms with E-state index in [4.69, 9.17) is 5.73 Å². The highest BCUT2D eigenvalue weighted by atomic mass is 32.1. The van der Waals surface area contributed by atoms with Crippen LogP contribution in [0.3, 0.4) is 0 Å². The summed E-state index contributed by atoms with van der Waals surface area (Å²) in [4.78, 5) is 19.6. The standard InChI is InChI=1S/C17H19N3OS2/c1-2-3-5-11-7-8-13-14(18)15(23-17(13)20-11)16(21)19-10-12-6-4-9-22-12/h4,6-9H,2-3,5,10,18H2,1H3,(H,19,21). The zero-order chi connectivity index (χ0) is 16.2. The van der Waals surface area contributed by atoms with Crippen LogP contribution in [0.1, 0.15) is 40.0 Å². The quantitative estimate of drug-likeness (QED) is 0.703. The maximum Gasteiger partial charge on any atom is 0.263 e. The van der Waals surface area contributed by atoms with E-state index in [0.717, 1.165) is 40.1 Å². The van der Waals surface area contributed by atoms with E-state index in [9.17, 15) is 4.79 Å². The molecule has 6 heteroatoms. The predicted molar refractivity (Wildman–Crippen MR) is 98.1 cm³/mol. The zero-order valence-electron chi connectivity index (χ0n) is 13.0. The average Bonchev–Trinajstić information content (AvgIpc) is 3.19. The number of pyridine rings is 1. The Kier molecular flexibility index (Phi) is 4.93. The number of aryl methyl sites for hydroxylation is 1. The number of hydrogen-bond donors (Lipinski definition) is 2. The fraction of sp³-hybridized carbons (Fsp3) is 0.294. The molecule has 0 saturated carbocycles. The van der Waals surface area contributed by atoms with Crippen LogP contribution in [0.15, 0.2) is 29.6 Å². The molecule has 0 saturated heterocycles. The third-order valence-corrected chi connectivity index (χ3v) is 5.64. The minimum atomic E-state index is -0.131. The number of fused-ring (bicyclic) bond motifs is 1. The molecule has 3 heterocycles. The van der Waals surface area contributed by atoms with Crippen molar-refractivity contribution < 1.29 is 4.79 Å². The van der Waals surface area contributed by atoms with E-state index >= 15 is 0 Å². The summed E-state index contributed by atoms with van der Waals surface area (Å²) in [6.07, 6.45) is 3.22. The summed E-state index contributed by atoms with van der Waals surface area (Å²) >= 11 is 3.00. The summed E-state index contributed by atoms with van der Waals surface area (Å²) in [7, 11) is 0. The molecule has 1 amide bonds. The second-order valence-corrected chi connectivity index (χ2v) is 7.40. The number of thiophene rings is 2. The number of carbonyl (C=O) groups excluding carboxylic acids is 1. The van der Waals surface area contributed by atoms with E-state index in [-0.39, 0.29) is 5.91 Å². The maximum atomic E-state index is 12.4. The average molecular weight is 345 g/mol. The Morgan fingerprint density at radius 1 is 1.35 bits per heavy atom. The van der Waals surface area contributed by atoms with Gasteiger partial charge in [-0.15, -0.1) is 22.7 Å². The lowest BCUT2D eigenvalue weighted by Gasteiger charge is -2.02. The Balaban J connectivity index is 1.79. The van der Waals surface area contributed by atoms with Crippen molar-refractivity contribution in [3.63, 3.8) is 0 Å². The molecule has 0 aliphatic carbocycles. The third kappa shape index (κ3) is 3.54. The summed E-state index contributed by atoms with van der Waals surface area (Å²) in [5, 5.41) is 5.80. The number of nitrogen functional groups attached to an aromatic ring is 1. The van der Waals surface area contributed by atoms with Crippen LogP contribution in [0.4, 0.5) is 5.69 Å². The van der Waals surface area contributed by atoms with Crippen LogP contribution in [0.2, 0.25) is 0 Å². The van der Waals surface area contributed by atoms with Crippen LogP contribution in [0.5, 0.6) is 0 Å². The highest BCUT2D eigenvalue weighted by Gasteiger charge is 2.17. The molecule has 3 rings (SSSR count). The summed E-state index contributed by atoms with van der Waals surface area (Å²) in [5.74, 6) is -0.131. The molecular weight excluding hydrogens is 326 g/mol. The van der Waals surface area contributed by atoms with Crippen molar-refractivity contribution in [1.29, 1.82) is 0 Å². The molecule has 120 valence electrons. The number of unbranched alkanes of at least 4 members (excludes halogenated alkanes) is 1. The molecule has 3 aromatic heterocycles. The minimum Gasteiger partial charge on any atom is -0.397 e. The first-order chi connectivity index (χ1) is 11.2. The fourth-order valence-electron chi connectivity index (χ4n) is 2.36. The minimum absolute atomic E-state index is 0.131. The number of anilines is 1. The zero-order valence-corrected chi connectivity index (χ0v) is 14.6. The lowest BCUT2D eigenvalue weighted by atomic mass is 10.1. The molecule has 23 heavy (non-hydrogen) atoms. The maximum absolute atomic E-state index is 12.4. The lowest BCUT2D eigenvalue weighted by molar-refractivity contribution is 0.0956. The molecular formula is C17H19N3OS2. The van der Waals surface area contributed by atoms with E-state index in [0.29, 0.717) is 17.1 Å². The number of aromatic nitrogens is 1. The van der Waals surface area contributed by atoms with Crippen molar-refractivity contribution in [3.8, 4) is 0 Å². The van der Waals surface area contributed by atoms with Crippen LogP contribution < -0.4 is 11.1 Å². The monoisotopic (exact) mass is 345 g/mol. The second-order valence-electron chi connectivity index (χ2n) is 5.37. The predicted octanol–water partition coefficient (Wildman–Crippen LogP) is 4.21. The molecule has 0 bridgehead atoms. The van der Waals surface area contributed by atoms with E-state index in [1.807, 2.05) is 29.6 Å². The molecule has 3 N–H and O–H groups in total. The Morgan fingerprint density at radius 2 is 2.22 bits per heavy atom. The number of carbonyl (C=O) groups is 1. The molecule has 4 nitrogen and oxygen atoms in total. The number of nitrogens with two attached hydrogens (primary N) is 1. The van der Waals surface area contributed by atoms with Gasteiger partial charge in [0.15, 0.2) is 0 Å². The highest BCUT2D eigenvalue weighted by Crippen LogP contribution is 2.32. The van der Waals surface area contributed by atoms with Gasteiger partial charge in [-0.1, -0.05) is 19.4 Å². The Morgan fingerprint density at radius 3 is 2.96 bits per heavy atom. The van der Waals surface area contributed by atoms with Crippen LogP contribution >= 0.6 is 22.7 Å². The number of nitrogens with zero attached hydrogens (tertiary/aromatic N) is 1. The first kappa shape index (κ1) is 16.0. The van der Waals surface area contributed by atoms with Crippen molar-refractivity contribution in [1.82, 2.24) is 10.3 Å². The fourth-order valence-corrected chi connectivity index (χ4v) is 4.04. The molecule has 0 radical (unpaired) electrons. The number of nitrogens with one attached hydrogen (secondary N) is 1. The van der Waals surface area contributed by atoms with Gasteiger partial charge < -0.3 is 11.1 Å². The Hall–Kier alpha value is -1.92. The Bertz CT molecular complexity index is 809. The van der Waals surface area contributed by atoms with Gasteiger partial charge in [-0.3, -0.25) is 4.79 Å². The molecule has 0 spiro atoms. The molecule has 0 fully saturated rings. The van der Waals surface area contributed by atoms with Crippen molar-refractivity contribution >= 4 is 44.5 Å². The van der Waals surface area contributed by atoms with Crippen LogP contribution in [-0.2, 0) is 13.0 Å².